The van der Waals surface area contributed by atoms with Crippen LogP contribution in [0, 0.1) is 0 Å². The van der Waals surface area contributed by atoms with Gasteiger partial charge in [-0.3, -0.25) is 4.79 Å². The van der Waals surface area contributed by atoms with E-state index in [1.165, 1.54) is 6.07 Å². The molecule has 1 aliphatic heterocycles. The number of fused-ring (bicyclic) bond motifs is 2. The highest BCUT2D eigenvalue weighted by Crippen LogP contribution is 2.32. The predicted octanol–water partition coefficient (Wildman–Crippen LogP) is 3.14. The van der Waals surface area contributed by atoms with Crippen molar-refractivity contribution < 1.29 is 23.4 Å². The summed E-state index contributed by atoms with van der Waals surface area (Å²) in [6.07, 6.45) is 0.722. The minimum atomic E-state index is -0.405. The topological polar surface area (TPSA) is 87.0 Å². The molecule has 0 fully saturated rings. The minimum absolute atomic E-state index is 0.183. The van der Waals surface area contributed by atoms with Crippen LogP contribution in [0.2, 0.25) is 0 Å². The highest BCUT2D eigenvalue weighted by atomic mass is 16.6. The molecule has 1 N–H and O–H groups in total. The van der Waals surface area contributed by atoms with Crippen LogP contribution in [0.5, 0.6) is 17.2 Å². The fraction of sp³-hybridized carbons (Fsp3) is 0.238. The molecule has 7 heteroatoms. The Morgan fingerprint density at radius 3 is 2.71 bits per heavy atom. The van der Waals surface area contributed by atoms with Gasteiger partial charge < -0.3 is 23.9 Å². The van der Waals surface area contributed by atoms with E-state index in [0.29, 0.717) is 41.7 Å². The Morgan fingerprint density at radius 2 is 1.89 bits per heavy atom. The third kappa shape index (κ3) is 3.78. The molecule has 1 aliphatic rings. The van der Waals surface area contributed by atoms with Crippen molar-refractivity contribution in [2.45, 2.75) is 13.3 Å². The molecule has 1 aromatic heterocycles. The molecule has 0 spiro atoms. The molecule has 3 aromatic rings. The van der Waals surface area contributed by atoms with Gasteiger partial charge in [-0.2, -0.15) is 0 Å². The van der Waals surface area contributed by atoms with E-state index in [-0.39, 0.29) is 12.5 Å². The van der Waals surface area contributed by atoms with E-state index in [0.717, 1.165) is 17.4 Å². The van der Waals surface area contributed by atoms with E-state index in [2.05, 4.69) is 5.32 Å². The Morgan fingerprint density at radius 1 is 1.07 bits per heavy atom. The van der Waals surface area contributed by atoms with Crippen molar-refractivity contribution in [3.05, 3.63) is 58.4 Å². The number of aryl methyl sites for hydroxylation is 1. The summed E-state index contributed by atoms with van der Waals surface area (Å²) in [5, 5.41) is 3.61. The van der Waals surface area contributed by atoms with Crippen LogP contribution in [0.25, 0.3) is 11.0 Å². The number of ether oxygens (including phenoxy) is 3. The summed E-state index contributed by atoms with van der Waals surface area (Å²) in [6.45, 7) is 2.78. The monoisotopic (exact) mass is 381 g/mol. The number of benzene rings is 2. The molecular formula is C21H19NO6. The molecule has 0 radical (unpaired) electrons. The molecule has 2 aromatic carbocycles. The Labute approximate surface area is 160 Å². The second-order valence-corrected chi connectivity index (χ2v) is 6.30. The maximum absolute atomic E-state index is 12.2. The molecule has 0 atom stereocenters. The van der Waals surface area contributed by atoms with Crippen molar-refractivity contribution >= 4 is 22.6 Å². The Balaban J connectivity index is 1.42. The molecule has 7 nitrogen and oxygen atoms in total. The molecule has 144 valence electrons. The molecule has 1 amide bonds. The second kappa shape index (κ2) is 7.64. The van der Waals surface area contributed by atoms with Gasteiger partial charge in [0.05, 0.1) is 0 Å². The lowest BCUT2D eigenvalue weighted by molar-refractivity contribution is -0.118. The van der Waals surface area contributed by atoms with Gasteiger partial charge in [0.15, 0.2) is 18.1 Å². The Hall–Kier alpha value is -3.48. The minimum Gasteiger partial charge on any atom is -0.486 e. The fourth-order valence-electron chi connectivity index (χ4n) is 3.06. The van der Waals surface area contributed by atoms with E-state index in [9.17, 15) is 9.59 Å². The van der Waals surface area contributed by atoms with Crippen molar-refractivity contribution in [2.75, 3.05) is 25.1 Å². The van der Waals surface area contributed by atoms with Crippen molar-refractivity contribution in [3.8, 4) is 17.2 Å². The van der Waals surface area contributed by atoms with Crippen LogP contribution in [0.4, 0.5) is 5.69 Å². The molecule has 0 saturated heterocycles. The van der Waals surface area contributed by atoms with Gasteiger partial charge in [0.1, 0.15) is 24.5 Å². The number of anilines is 1. The summed E-state index contributed by atoms with van der Waals surface area (Å²) < 4.78 is 21.7. The number of hydrogen-bond donors (Lipinski definition) is 1. The molecule has 28 heavy (non-hydrogen) atoms. The van der Waals surface area contributed by atoms with Crippen LogP contribution in [0.3, 0.4) is 0 Å². The number of carbonyl (C=O) groups is 1. The van der Waals surface area contributed by atoms with E-state index >= 15 is 0 Å². The zero-order valence-electron chi connectivity index (χ0n) is 15.3. The van der Waals surface area contributed by atoms with Crippen LogP contribution < -0.4 is 25.2 Å². The SMILES string of the molecule is CCc1cc(=O)oc2cc(OCC(=O)Nc3ccc4c(c3)OCCO4)ccc12. The second-order valence-electron chi connectivity index (χ2n) is 6.30. The van der Waals surface area contributed by atoms with Gasteiger partial charge in [0.2, 0.25) is 0 Å². The van der Waals surface area contributed by atoms with Gasteiger partial charge >= 0.3 is 5.63 Å². The molecule has 4 rings (SSSR count). The number of carbonyl (C=O) groups excluding carboxylic acids is 1. The fourth-order valence-corrected chi connectivity index (χ4v) is 3.06. The number of hydrogen-bond acceptors (Lipinski definition) is 6. The molecule has 0 unspecified atom stereocenters. The van der Waals surface area contributed by atoms with Crippen LogP contribution in [-0.4, -0.2) is 25.7 Å². The van der Waals surface area contributed by atoms with E-state index in [1.807, 2.05) is 13.0 Å². The summed E-state index contributed by atoms with van der Waals surface area (Å²) in [5.41, 5.74) is 1.54. The molecule has 0 bridgehead atoms. The summed E-state index contributed by atoms with van der Waals surface area (Å²) in [7, 11) is 0. The molecular weight excluding hydrogens is 362 g/mol. The maximum atomic E-state index is 12.2. The quantitative estimate of drug-likeness (QED) is 0.683. The smallest absolute Gasteiger partial charge is 0.336 e. The normalized spacial score (nSPS) is 12.6. The first-order valence-corrected chi connectivity index (χ1v) is 9.01. The lowest BCUT2D eigenvalue weighted by Crippen LogP contribution is -2.20. The van der Waals surface area contributed by atoms with E-state index in [4.69, 9.17) is 18.6 Å². The first-order chi connectivity index (χ1) is 13.6. The van der Waals surface area contributed by atoms with Gasteiger partial charge in [-0.15, -0.1) is 0 Å². The largest absolute Gasteiger partial charge is 0.486 e. The van der Waals surface area contributed by atoms with Gasteiger partial charge in [-0.25, -0.2) is 4.79 Å². The Kier molecular flexibility index (Phi) is 4.89. The molecule has 0 saturated carbocycles. The summed E-state index contributed by atoms with van der Waals surface area (Å²) >= 11 is 0. The Bertz CT molecular complexity index is 1090. The van der Waals surface area contributed by atoms with E-state index in [1.54, 1.807) is 30.3 Å². The van der Waals surface area contributed by atoms with Gasteiger partial charge in [0, 0.05) is 29.3 Å². The molecule has 2 heterocycles. The third-order valence-corrected chi connectivity index (χ3v) is 4.38. The van der Waals surface area contributed by atoms with Crippen molar-refractivity contribution in [2.24, 2.45) is 0 Å². The van der Waals surface area contributed by atoms with Gasteiger partial charge in [-0.05, 0) is 36.2 Å². The average molecular weight is 381 g/mol. The van der Waals surface area contributed by atoms with Crippen molar-refractivity contribution in [1.82, 2.24) is 0 Å². The highest BCUT2D eigenvalue weighted by Gasteiger charge is 2.13. The number of rotatable bonds is 5. The summed E-state index contributed by atoms with van der Waals surface area (Å²) in [5.74, 6) is 1.38. The van der Waals surface area contributed by atoms with Crippen LogP contribution in [-0.2, 0) is 11.2 Å². The van der Waals surface area contributed by atoms with Crippen LogP contribution >= 0.6 is 0 Å². The van der Waals surface area contributed by atoms with Crippen molar-refractivity contribution in [3.63, 3.8) is 0 Å². The van der Waals surface area contributed by atoms with Crippen LogP contribution in [0.15, 0.2) is 51.7 Å². The van der Waals surface area contributed by atoms with Crippen LogP contribution in [0.1, 0.15) is 12.5 Å². The zero-order valence-corrected chi connectivity index (χ0v) is 15.3. The van der Waals surface area contributed by atoms with Crippen molar-refractivity contribution in [1.29, 1.82) is 0 Å². The summed E-state index contributed by atoms with van der Waals surface area (Å²) in [6, 6.07) is 11.9. The lowest BCUT2D eigenvalue weighted by atomic mass is 10.1. The summed E-state index contributed by atoms with van der Waals surface area (Å²) in [4.78, 5) is 23.8. The first kappa shape index (κ1) is 17.9. The average Bonchev–Trinajstić information content (AvgIpc) is 2.71. The standard InChI is InChI=1S/C21H19NO6/c1-2-13-9-21(24)28-18-11-15(4-5-16(13)18)27-12-20(23)22-14-3-6-17-19(10-14)26-8-7-25-17/h3-6,9-11H,2,7-8,12H2,1H3,(H,22,23). The van der Waals surface area contributed by atoms with Gasteiger partial charge in [0.25, 0.3) is 5.91 Å². The zero-order chi connectivity index (χ0) is 19.5. The van der Waals surface area contributed by atoms with Gasteiger partial charge in [-0.1, -0.05) is 6.92 Å². The highest BCUT2D eigenvalue weighted by molar-refractivity contribution is 5.92. The lowest BCUT2D eigenvalue weighted by Gasteiger charge is -2.19. The predicted molar refractivity (Wildman–Crippen MR) is 103 cm³/mol. The third-order valence-electron chi connectivity index (χ3n) is 4.38. The maximum Gasteiger partial charge on any atom is 0.336 e. The van der Waals surface area contributed by atoms with E-state index < -0.39 is 5.63 Å². The number of nitrogens with one attached hydrogen (secondary N) is 1. The molecule has 0 aliphatic carbocycles. The number of amides is 1. The first-order valence-electron chi connectivity index (χ1n) is 9.01.